The van der Waals surface area contributed by atoms with Gasteiger partial charge in [-0.05, 0) is 48.9 Å². The monoisotopic (exact) mass is 259 g/mol. The van der Waals surface area contributed by atoms with Crippen LogP contribution in [0.15, 0.2) is 36.4 Å². The van der Waals surface area contributed by atoms with Crippen molar-refractivity contribution in [3.63, 3.8) is 0 Å². The van der Waals surface area contributed by atoms with Crippen molar-refractivity contribution in [3.05, 3.63) is 58.9 Å². The van der Waals surface area contributed by atoms with Gasteiger partial charge in [-0.1, -0.05) is 0 Å². The number of anilines is 1. The van der Waals surface area contributed by atoms with E-state index in [9.17, 15) is 9.18 Å². The molecule has 98 valence electrons. The normalized spacial score (nSPS) is 10.3. The van der Waals surface area contributed by atoms with E-state index in [2.05, 4.69) is 0 Å². The molecule has 2 N–H and O–H groups in total. The van der Waals surface area contributed by atoms with E-state index in [0.29, 0.717) is 11.3 Å². The Hall–Kier alpha value is -2.36. The van der Waals surface area contributed by atoms with Gasteiger partial charge in [0.1, 0.15) is 0 Å². The zero-order chi connectivity index (χ0) is 14.0. The van der Waals surface area contributed by atoms with Gasteiger partial charge < -0.3 is 10.5 Å². The maximum absolute atomic E-state index is 13.6. The smallest absolute Gasteiger partial charge is 0.193 e. The number of nitrogens with two attached hydrogens (primary N) is 1. The highest BCUT2D eigenvalue weighted by molar-refractivity contribution is 6.09. The third-order valence-corrected chi connectivity index (χ3v) is 2.95. The summed E-state index contributed by atoms with van der Waals surface area (Å²) in [5.74, 6) is -0.685. The van der Waals surface area contributed by atoms with Crippen LogP contribution in [-0.4, -0.2) is 12.9 Å². The second kappa shape index (κ2) is 5.10. The molecule has 2 rings (SSSR count). The first-order valence-corrected chi connectivity index (χ1v) is 5.77. The minimum atomic E-state index is -0.555. The Morgan fingerprint density at radius 1 is 1.16 bits per heavy atom. The first-order chi connectivity index (χ1) is 9.02. The van der Waals surface area contributed by atoms with E-state index in [1.54, 1.807) is 18.2 Å². The van der Waals surface area contributed by atoms with Crippen LogP contribution >= 0.6 is 0 Å². The molecule has 0 heterocycles. The van der Waals surface area contributed by atoms with Crippen LogP contribution in [0, 0.1) is 12.7 Å². The Morgan fingerprint density at radius 3 is 2.37 bits per heavy atom. The van der Waals surface area contributed by atoms with E-state index < -0.39 is 5.82 Å². The van der Waals surface area contributed by atoms with Gasteiger partial charge in [0.25, 0.3) is 0 Å². The number of hydrogen-bond donors (Lipinski definition) is 1. The quantitative estimate of drug-likeness (QED) is 0.681. The number of benzene rings is 2. The van der Waals surface area contributed by atoms with Crippen molar-refractivity contribution in [2.24, 2.45) is 0 Å². The lowest BCUT2D eigenvalue weighted by atomic mass is 10.0. The van der Waals surface area contributed by atoms with Crippen LogP contribution in [0.4, 0.5) is 10.1 Å². The maximum Gasteiger partial charge on any atom is 0.193 e. The van der Waals surface area contributed by atoms with Crippen LogP contribution in [0.3, 0.4) is 0 Å². The van der Waals surface area contributed by atoms with E-state index >= 15 is 0 Å². The Labute approximate surface area is 110 Å². The van der Waals surface area contributed by atoms with Crippen molar-refractivity contribution in [3.8, 4) is 5.75 Å². The molecular weight excluding hydrogens is 245 g/mol. The number of carbonyl (C=O) groups excluding carboxylic acids is 1. The second-order valence-corrected chi connectivity index (χ2v) is 4.25. The van der Waals surface area contributed by atoms with Crippen molar-refractivity contribution >= 4 is 11.5 Å². The largest absolute Gasteiger partial charge is 0.494 e. The van der Waals surface area contributed by atoms with Gasteiger partial charge in [-0.25, -0.2) is 4.39 Å². The molecule has 0 spiro atoms. The third-order valence-electron chi connectivity index (χ3n) is 2.95. The van der Waals surface area contributed by atoms with Crippen molar-refractivity contribution in [2.75, 3.05) is 12.8 Å². The van der Waals surface area contributed by atoms with Crippen molar-refractivity contribution < 1.29 is 13.9 Å². The third kappa shape index (κ3) is 2.57. The first kappa shape index (κ1) is 13.1. The Morgan fingerprint density at radius 2 is 1.79 bits per heavy atom. The van der Waals surface area contributed by atoms with Gasteiger partial charge in [0.15, 0.2) is 17.3 Å². The molecule has 4 heteroatoms. The number of nitrogen functional groups attached to an aromatic ring is 1. The maximum atomic E-state index is 13.6. The van der Waals surface area contributed by atoms with E-state index in [1.165, 1.54) is 25.3 Å². The Bertz CT molecular complexity index is 638. The van der Waals surface area contributed by atoms with Crippen molar-refractivity contribution in [1.29, 1.82) is 0 Å². The summed E-state index contributed by atoms with van der Waals surface area (Å²) in [5.41, 5.74) is 7.91. The fraction of sp³-hybridized carbons (Fsp3) is 0.133. The zero-order valence-corrected chi connectivity index (χ0v) is 10.7. The van der Waals surface area contributed by atoms with E-state index in [-0.39, 0.29) is 17.1 Å². The SMILES string of the molecule is COc1ccc(C(=O)c2ccc(N)c(C)c2)cc1F. The van der Waals surface area contributed by atoms with Crippen LogP contribution in [0.5, 0.6) is 5.75 Å². The molecule has 19 heavy (non-hydrogen) atoms. The van der Waals surface area contributed by atoms with Gasteiger partial charge >= 0.3 is 0 Å². The number of aryl methyl sites for hydroxylation is 1. The van der Waals surface area contributed by atoms with Gasteiger partial charge in [-0.2, -0.15) is 0 Å². The van der Waals surface area contributed by atoms with Crippen LogP contribution in [0.25, 0.3) is 0 Å². The van der Waals surface area contributed by atoms with Crippen LogP contribution in [0.2, 0.25) is 0 Å². The number of methoxy groups -OCH3 is 1. The summed E-state index contributed by atoms with van der Waals surface area (Å²) in [6.45, 7) is 1.82. The molecule has 0 aliphatic heterocycles. The van der Waals surface area contributed by atoms with Crippen LogP contribution < -0.4 is 10.5 Å². The minimum absolute atomic E-state index is 0.116. The number of carbonyl (C=O) groups is 1. The number of halogens is 1. The number of rotatable bonds is 3. The molecule has 3 nitrogen and oxygen atoms in total. The lowest BCUT2D eigenvalue weighted by molar-refractivity contribution is 0.103. The first-order valence-electron chi connectivity index (χ1n) is 5.77. The average Bonchev–Trinajstić information content (AvgIpc) is 2.41. The van der Waals surface area contributed by atoms with Crippen LogP contribution in [-0.2, 0) is 0 Å². The lowest BCUT2D eigenvalue weighted by Gasteiger charge is -2.06. The van der Waals surface area contributed by atoms with Gasteiger partial charge in [-0.3, -0.25) is 4.79 Å². The van der Waals surface area contributed by atoms with Crippen molar-refractivity contribution in [1.82, 2.24) is 0 Å². The Kier molecular flexibility index (Phi) is 3.51. The molecule has 0 saturated carbocycles. The molecule has 0 amide bonds. The van der Waals surface area contributed by atoms with Crippen molar-refractivity contribution in [2.45, 2.75) is 6.92 Å². The average molecular weight is 259 g/mol. The minimum Gasteiger partial charge on any atom is -0.494 e. The highest BCUT2D eigenvalue weighted by Crippen LogP contribution is 2.21. The predicted octanol–water partition coefficient (Wildman–Crippen LogP) is 2.96. The molecule has 0 unspecified atom stereocenters. The number of hydrogen-bond acceptors (Lipinski definition) is 3. The van der Waals surface area contributed by atoms with Gasteiger partial charge in [-0.15, -0.1) is 0 Å². The molecule has 0 aliphatic carbocycles. The fourth-order valence-electron chi connectivity index (χ4n) is 1.79. The summed E-state index contributed by atoms with van der Waals surface area (Å²) in [4.78, 5) is 12.2. The summed E-state index contributed by atoms with van der Waals surface area (Å²) in [5, 5.41) is 0. The van der Waals surface area contributed by atoms with E-state index in [1.807, 2.05) is 6.92 Å². The molecule has 2 aromatic rings. The Balaban J connectivity index is 2.38. The summed E-state index contributed by atoms with van der Waals surface area (Å²) in [6.07, 6.45) is 0. The molecular formula is C15H14FNO2. The van der Waals surface area contributed by atoms with E-state index in [4.69, 9.17) is 10.5 Å². The number of ketones is 1. The summed E-state index contributed by atoms with van der Waals surface area (Å²) < 4.78 is 18.4. The fourth-order valence-corrected chi connectivity index (χ4v) is 1.79. The highest BCUT2D eigenvalue weighted by Gasteiger charge is 2.12. The van der Waals surface area contributed by atoms with E-state index in [0.717, 1.165) is 5.56 Å². The van der Waals surface area contributed by atoms with Gasteiger partial charge in [0.2, 0.25) is 0 Å². The summed E-state index contributed by atoms with van der Waals surface area (Å²) in [7, 11) is 1.38. The predicted molar refractivity (Wildman–Crippen MR) is 72.0 cm³/mol. The topological polar surface area (TPSA) is 52.3 Å². The second-order valence-electron chi connectivity index (χ2n) is 4.25. The summed E-state index contributed by atoms with van der Waals surface area (Å²) >= 11 is 0. The lowest BCUT2D eigenvalue weighted by Crippen LogP contribution is -2.03. The molecule has 0 radical (unpaired) electrons. The number of ether oxygens (including phenoxy) is 1. The van der Waals surface area contributed by atoms with Gasteiger partial charge in [0.05, 0.1) is 7.11 Å². The molecule has 0 aromatic heterocycles. The molecule has 0 bridgehead atoms. The molecule has 0 saturated heterocycles. The zero-order valence-electron chi connectivity index (χ0n) is 10.7. The molecule has 0 aliphatic rings. The molecule has 0 atom stereocenters. The highest BCUT2D eigenvalue weighted by atomic mass is 19.1. The molecule has 0 fully saturated rings. The summed E-state index contributed by atoms with van der Waals surface area (Å²) in [6, 6.07) is 9.14. The van der Waals surface area contributed by atoms with Crippen LogP contribution in [0.1, 0.15) is 21.5 Å². The standard InChI is InChI=1S/C15H14FNO2/c1-9-7-10(3-5-13(9)17)15(18)11-4-6-14(19-2)12(16)8-11/h3-8H,17H2,1-2H3. The molecule has 2 aromatic carbocycles. The van der Waals surface area contributed by atoms with Gasteiger partial charge in [0, 0.05) is 16.8 Å².